The molecule has 0 spiro atoms. The van der Waals surface area contributed by atoms with Crippen LogP contribution in [0, 0.1) is 0 Å². The SMILES string of the molecule is CCc1ccc(NC(=O)c2nnc(CNC(C)c3cc(OC)ccc3OC)s2)cc1. The molecule has 0 aliphatic carbocycles. The molecule has 0 saturated heterocycles. The summed E-state index contributed by atoms with van der Waals surface area (Å²) in [4.78, 5) is 12.4. The van der Waals surface area contributed by atoms with Crippen LogP contribution in [0.25, 0.3) is 0 Å². The average molecular weight is 427 g/mol. The standard InChI is InChI=1S/C22H26N4O3S/c1-5-15-6-8-16(9-7-15)24-21(27)22-26-25-20(30-22)13-23-14(2)18-12-17(28-3)10-11-19(18)29-4/h6-12,14,23H,5,13H2,1-4H3,(H,24,27). The Labute approximate surface area is 180 Å². The highest BCUT2D eigenvalue weighted by Crippen LogP contribution is 2.29. The van der Waals surface area contributed by atoms with Crippen molar-refractivity contribution in [3.05, 3.63) is 63.6 Å². The van der Waals surface area contributed by atoms with Gasteiger partial charge in [-0.05, 0) is 49.2 Å². The van der Waals surface area contributed by atoms with Crippen molar-refractivity contribution in [2.24, 2.45) is 0 Å². The summed E-state index contributed by atoms with van der Waals surface area (Å²) in [5, 5.41) is 15.5. The lowest BCUT2D eigenvalue weighted by Gasteiger charge is -2.17. The number of ether oxygens (including phenoxy) is 2. The molecule has 7 nitrogen and oxygen atoms in total. The normalized spacial score (nSPS) is 11.7. The highest BCUT2D eigenvalue weighted by Gasteiger charge is 2.16. The molecule has 0 aliphatic heterocycles. The molecule has 2 aromatic carbocycles. The maximum absolute atomic E-state index is 12.4. The van der Waals surface area contributed by atoms with Gasteiger partial charge < -0.3 is 20.1 Å². The molecular weight excluding hydrogens is 400 g/mol. The number of aromatic nitrogens is 2. The van der Waals surface area contributed by atoms with Gasteiger partial charge in [0, 0.05) is 17.3 Å². The fourth-order valence-electron chi connectivity index (χ4n) is 2.95. The zero-order valence-corrected chi connectivity index (χ0v) is 18.4. The van der Waals surface area contributed by atoms with E-state index in [2.05, 4.69) is 27.8 Å². The molecule has 0 fully saturated rings. The number of methoxy groups -OCH3 is 2. The zero-order valence-electron chi connectivity index (χ0n) is 17.6. The molecule has 1 atom stereocenters. The highest BCUT2D eigenvalue weighted by atomic mass is 32.1. The first-order valence-electron chi connectivity index (χ1n) is 9.72. The van der Waals surface area contributed by atoms with E-state index in [0.717, 1.165) is 34.2 Å². The second-order valence-corrected chi connectivity index (χ2v) is 7.78. The molecule has 2 N–H and O–H groups in total. The van der Waals surface area contributed by atoms with E-state index < -0.39 is 0 Å². The van der Waals surface area contributed by atoms with E-state index in [-0.39, 0.29) is 11.9 Å². The topological polar surface area (TPSA) is 85.4 Å². The number of amides is 1. The van der Waals surface area contributed by atoms with Gasteiger partial charge in [0.1, 0.15) is 16.5 Å². The molecule has 0 radical (unpaired) electrons. The fraction of sp³-hybridized carbons (Fsp3) is 0.318. The van der Waals surface area contributed by atoms with Gasteiger partial charge >= 0.3 is 0 Å². The molecule has 0 bridgehead atoms. The Kier molecular flexibility index (Phi) is 7.37. The maximum Gasteiger partial charge on any atom is 0.286 e. The van der Waals surface area contributed by atoms with Crippen molar-refractivity contribution in [2.75, 3.05) is 19.5 Å². The van der Waals surface area contributed by atoms with Gasteiger partial charge in [-0.15, -0.1) is 10.2 Å². The third kappa shape index (κ3) is 5.34. The summed E-state index contributed by atoms with van der Waals surface area (Å²) in [6, 6.07) is 13.5. The van der Waals surface area contributed by atoms with Gasteiger partial charge in [0.15, 0.2) is 0 Å². The number of carbonyl (C=O) groups excluding carboxylic acids is 1. The minimum atomic E-state index is -0.259. The summed E-state index contributed by atoms with van der Waals surface area (Å²) in [6.07, 6.45) is 0.959. The van der Waals surface area contributed by atoms with Crippen LogP contribution in [-0.4, -0.2) is 30.3 Å². The fourth-order valence-corrected chi connectivity index (χ4v) is 3.64. The van der Waals surface area contributed by atoms with E-state index in [1.54, 1.807) is 14.2 Å². The number of nitrogens with zero attached hydrogens (tertiary/aromatic N) is 2. The quantitative estimate of drug-likeness (QED) is 0.533. The molecule has 3 aromatic rings. The van der Waals surface area contributed by atoms with Crippen LogP contribution in [-0.2, 0) is 13.0 Å². The molecule has 3 rings (SSSR count). The molecule has 1 heterocycles. The Balaban J connectivity index is 1.60. The summed E-state index contributed by atoms with van der Waals surface area (Å²) in [5.41, 5.74) is 2.94. The highest BCUT2D eigenvalue weighted by molar-refractivity contribution is 7.13. The second-order valence-electron chi connectivity index (χ2n) is 6.72. The number of carbonyl (C=O) groups is 1. The zero-order chi connectivity index (χ0) is 21.5. The van der Waals surface area contributed by atoms with Crippen LogP contribution in [0.1, 0.15) is 45.8 Å². The van der Waals surface area contributed by atoms with Crippen LogP contribution >= 0.6 is 11.3 Å². The van der Waals surface area contributed by atoms with E-state index in [9.17, 15) is 4.79 Å². The Morgan fingerprint density at radius 1 is 1.10 bits per heavy atom. The van der Waals surface area contributed by atoms with Gasteiger partial charge in [-0.3, -0.25) is 4.79 Å². The number of rotatable bonds is 9. The first-order chi connectivity index (χ1) is 14.5. The largest absolute Gasteiger partial charge is 0.497 e. The lowest BCUT2D eigenvalue weighted by molar-refractivity contribution is 0.102. The molecule has 0 aliphatic rings. The van der Waals surface area contributed by atoms with Gasteiger partial charge in [0.25, 0.3) is 5.91 Å². The summed E-state index contributed by atoms with van der Waals surface area (Å²) < 4.78 is 10.8. The summed E-state index contributed by atoms with van der Waals surface area (Å²) >= 11 is 1.27. The van der Waals surface area contributed by atoms with Gasteiger partial charge in [-0.25, -0.2) is 0 Å². The van der Waals surface area contributed by atoms with E-state index in [4.69, 9.17) is 9.47 Å². The van der Waals surface area contributed by atoms with Crippen molar-refractivity contribution in [1.29, 1.82) is 0 Å². The molecule has 0 saturated carbocycles. The Hall–Kier alpha value is -2.97. The monoisotopic (exact) mass is 426 g/mol. The molecular formula is C22H26N4O3S. The van der Waals surface area contributed by atoms with Gasteiger partial charge in [0.05, 0.1) is 20.8 Å². The molecule has 1 aromatic heterocycles. The molecule has 1 unspecified atom stereocenters. The van der Waals surface area contributed by atoms with Gasteiger partial charge in [-0.1, -0.05) is 30.4 Å². The Morgan fingerprint density at radius 3 is 2.53 bits per heavy atom. The van der Waals surface area contributed by atoms with Crippen molar-refractivity contribution in [3.8, 4) is 11.5 Å². The average Bonchev–Trinajstić information content (AvgIpc) is 3.26. The van der Waals surface area contributed by atoms with Crippen LogP contribution < -0.4 is 20.1 Å². The number of anilines is 1. The number of nitrogens with one attached hydrogen (secondary N) is 2. The summed E-state index contributed by atoms with van der Waals surface area (Å²) in [5.74, 6) is 1.29. The number of benzene rings is 2. The van der Waals surface area contributed by atoms with Crippen LogP contribution in [0.4, 0.5) is 5.69 Å². The van der Waals surface area contributed by atoms with Crippen molar-refractivity contribution in [2.45, 2.75) is 32.9 Å². The molecule has 1 amide bonds. The van der Waals surface area contributed by atoms with Gasteiger partial charge in [0.2, 0.25) is 5.01 Å². The Morgan fingerprint density at radius 2 is 1.87 bits per heavy atom. The third-order valence-electron chi connectivity index (χ3n) is 4.74. The van der Waals surface area contributed by atoms with E-state index >= 15 is 0 Å². The van der Waals surface area contributed by atoms with Gasteiger partial charge in [-0.2, -0.15) is 0 Å². The van der Waals surface area contributed by atoms with Crippen molar-refractivity contribution in [1.82, 2.24) is 15.5 Å². The number of hydrogen-bond donors (Lipinski definition) is 2. The van der Waals surface area contributed by atoms with Crippen molar-refractivity contribution < 1.29 is 14.3 Å². The summed E-state index contributed by atoms with van der Waals surface area (Å²) in [7, 11) is 3.28. The number of aryl methyl sites for hydroxylation is 1. The lowest BCUT2D eigenvalue weighted by atomic mass is 10.1. The molecule has 158 valence electrons. The van der Waals surface area contributed by atoms with Crippen molar-refractivity contribution >= 4 is 22.9 Å². The number of hydrogen-bond acceptors (Lipinski definition) is 7. The predicted octanol–water partition coefficient (Wildman–Crippen LogP) is 4.22. The molecule has 30 heavy (non-hydrogen) atoms. The van der Waals surface area contributed by atoms with E-state index in [0.29, 0.717) is 11.6 Å². The van der Waals surface area contributed by atoms with Crippen LogP contribution in [0.15, 0.2) is 42.5 Å². The second kappa shape index (κ2) is 10.2. The first-order valence-corrected chi connectivity index (χ1v) is 10.5. The minimum Gasteiger partial charge on any atom is -0.497 e. The predicted molar refractivity (Wildman–Crippen MR) is 118 cm³/mol. The Bertz CT molecular complexity index is 988. The van der Waals surface area contributed by atoms with Crippen LogP contribution in [0.5, 0.6) is 11.5 Å². The lowest BCUT2D eigenvalue weighted by Crippen LogP contribution is -2.18. The molecule has 8 heteroatoms. The smallest absolute Gasteiger partial charge is 0.286 e. The van der Waals surface area contributed by atoms with Crippen molar-refractivity contribution in [3.63, 3.8) is 0 Å². The van der Waals surface area contributed by atoms with Crippen LogP contribution in [0.2, 0.25) is 0 Å². The van der Waals surface area contributed by atoms with E-state index in [1.165, 1.54) is 16.9 Å². The summed E-state index contributed by atoms with van der Waals surface area (Å²) in [6.45, 7) is 4.61. The third-order valence-corrected chi connectivity index (χ3v) is 5.67. The van der Waals surface area contributed by atoms with Crippen LogP contribution in [0.3, 0.4) is 0 Å². The minimum absolute atomic E-state index is 0.00620. The first kappa shape index (κ1) is 21.7. The van der Waals surface area contributed by atoms with E-state index in [1.807, 2.05) is 49.4 Å². The maximum atomic E-state index is 12.4.